The van der Waals surface area contributed by atoms with E-state index in [1.807, 2.05) is 19.9 Å². The van der Waals surface area contributed by atoms with Crippen molar-refractivity contribution in [2.24, 2.45) is 0 Å². The van der Waals surface area contributed by atoms with E-state index in [1.165, 1.54) is 12.1 Å². The third kappa shape index (κ3) is 3.76. The van der Waals surface area contributed by atoms with Crippen LogP contribution < -0.4 is 10.3 Å². The maximum absolute atomic E-state index is 12.3. The van der Waals surface area contributed by atoms with Gasteiger partial charge in [-0.15, -0.1) is 0 Å². The number of carbonyl (C=O) groups is 1. The Morgan fingerprint density at radius 3 is 2.62 bits per heavy atom. The van der Waals surface area contributed by atoms with Gasteiger partial charge in [0.15, 0.2) is 0 Å². The third-order valence-electron chi connectivity index (χ3n) is 3.86. The predicted molar refractivity (Wildman–Crippen MR) is 85.9 cm³/mol. The first-order chi connectivity index (χ1) is 11.5. The van der Waals surface area contributed by atoms with Gasteiger partial charge in [-0.3, -0.25) is 9.59 Å². The first kappa shape index (κ1) is 16.1. The summed E-state index contributed by atoms with van der Waals surface area (Å²) in [5.74, 6) is 1.08. The molecule has 3 heterocycles. The number of ether oxygens (including phenoxy) is 1. The Morgan fingerprint density at radius 1 is 1.25 bits per heavy atom. The van der Waals surface area contributed by atoms with Gasteiger partial charge >= 0.3 is 0 Å². The maximum Gasteiger partial charge on any atom is 0.274 e. The molecular formula is C16H19N5O3. The van der Waals surface area contributed by atoms with Crippen molar-refractivity contribution >= 4 is 5.91 Å². The zero-order valence-electron chi connectivity index (χ0n) is 13.7. The molecule has 1 aliphatic heterocycles. The van der Waals surface area contributed by atoms with Gasteiger partial charge in [0.2, 0.25) is 5.88 Å². The van der Waals surface area contributed by atoms with E-state index < -0.39 is 0 Å². The van der Waals surface area contributed by atoms with E-state index in [0.29, 0.717) is 24.8 Å². The second-order valence-electron chi connectivity index (χ2n) is 5.81. The van der Waals surface area contributed by atoms with Gasteiger partial charge in [0.05, 0.1) is 0 Å². The number of carbonyl (C=O) groups excluding carboxylic acids is 1. The molecule has 2 aromatic heterocycles. The van der Waals surface area contributed by atoms with E-state index in [9.17, 15) is 9.59 Å². The molecule has 0 saturated carbocycles. The summed E-state index contributed by atoms with van der Waals surface area (Å²) in [6.45, 7) is 4.89. The number of hydrogen-bond donors (Lipinski definition) is 1. The smallest absolute Gasteiger partial charge is 0.274 e. The van der Waals surface area contributed by atoms with Crippen LogP contribution in [0.4, 0.5) is 0 Å². The molecule has 0 atom stereocenters. The molecule has 3 rings (SSSR count). The lowest BCUT2D eigenvalue weighted by Gasteiger charge is -2.31. The first-order valence-corrected chi connectivity index (χ1v) is 7.85. The SMILES string of the molecule is Cc1cc(OC2CCN(C(=O)c3ccc(=O)[nH]n3)CC2)nc(C)n1. The van der Waals surface area contributed by atoms with Crippen molar-refractivity contribution in [2.45, 2.75) is 32.8 Å². The molecular weight excluding hydrogens is 310 g/mol. The topological polar surface area (TPSA) is 101 Å². The molecule has 1 N–H and O–H groups in total. The van der Waals surface area contributed by atoms with Gasteiger partial charge in [0, 0.05) is 43.8 Å². The van der Waals surface area contributed by atoms with Crippen LogP contribution in [0.5, 0.6) is 5.88 Å². The van der Waals surface area contributed by atoms with Gasteiger partial charge in [-0.25, -0.2) is 10.1 Å². The van der Waals surface area contributed by atoms with Crippen molar-refractivity contribution in [3.05, 3.63) is 45.8 Å². The van der Waals surface area contributed by atoms with Crippen molar-refractivity contribution in [2.75, 3.05) is 13.1 Å². The first-order valence-electron chi connectivity index (χ1n) is 7.85. The van der Waals surface area contributed by atoms with Gasteiger partial charge in [0.25, 0.3) is 11.5 Å². The number of nitrogens with one attached hydrogen (secondary N) is 1. The summed E-state index contributed by atoms with van der Waals surface area (Å²) in [6, 6.07) is 4.56. The third-order valence-corrected chi connectivity index (χ3v) is 3.86. The Balaban J connectivity index is 1.58. The van der Waals surface area contributed by atoms with Gasteiger partial charge < -0.3 is 9.64 Å². The van der Waals surface area contributed by atoms with Crippen LogP contribution in [-0.4, -0.2) is 50.2 Å². The fraction of sp³-hybridized carbons (Fsp3) is 0.438. The van der Waals surface area contributed by atoms with E-state index in [-0.39, 0.29) is 23.3 Å². The minimum atomic E-state index is -0.325. The molecule has 0 unspecified atom stereocenters. The second-order valence-corrected chi connectivity index (χ2v) is 5.81. The highest BCUT2D eigenvalue weighted by atomic mass is 16.5. The Bertz CT molecular complexity index is 756. The van der Waals surface area contributed by atoms with Gasteiger partial charge in [-0.2, -0.15) is 10.1 Å². The maximum atomic E-state index is 12.3. The number of aryl methyl sites for hydroxylation is 2. The van der Waals surface area contributed by atoms with Crippen molar-refractivity contribution < 1.29 is 9.53 Å². The van der Waals surface area contributed by atoms with Crippen LogP contribution in [0, 0.1) is 13.8 Å². The lowest BCUT2D eigenvalue weighted by molar-refractivity contribution is 0.0581. The van der Waals surface area contributed by atoms with Crippen molar-refractivity contribution in [1.29, 1.82) is 0 Å². The Hall–Kier alpha value is -2.77. The molecule has 1 saturated heterocycles. The van der Waals surface area contributed by atoms with E-state index >= 15 is 0 Å². The Morgan fingerprint density at radius 2 is 2.00 bits per heavy atom. The van der Waals surface area contributed by atoms with Gasteiger partial charge in [-0.1, -0.05) is 0 Å². The summed E-state index contributed by atoms with van der Waals surface area (Å²) in [4.78, 5) is 33.6. The number of nitrogens with zero attached hydrogens (tertiary/aromatic N) is 4. The van der Waals surface area contributed by atoms with Crippen LogP contribution in [0.2, 0.25) is 0 Å². The molecule has 2 aromatic rings. The average molecular weight is 329 g/mol. The molecule has 24 heavy (non-hydrogen) atoms. The summed E-state index contributed by atoms with van der Waals surface area (Å²) in [6.07, 6.45) is 1.46. The number of piperidine rings is 1. The number of amides is 1. The number of likely N-dealkylation sites (tertiary alicyclic amines) is 1. The van der Waals surface area contributed by atoms with Crippen LogP contribution in [0.25, 0.3) is 0 Å². The van der Waals surface area contributed by atoms with Crippen molar-refractivity contribution in [3.63, 3.8) is 0 Å². The fourth-order valence-electron chi connectivity index (χ4n) is 2.72. The minimum Gasteiger partial charge on any atom is -0.474 e. The minimum absolute atomic E-state index is 0.0197. The molecule has 126 valence electrons. The van der Waals surface area contributed by atoms with Crippen molar-refractivity contribution in [3.8, 4) is 5.88 Å². The number of hydrogen-bond acceptors (Lipinski definition) is 6. The number of H-pyrrole nitrogens is 1. The number of rotatable bonds is 3. The predicted octanol–water partition coefficient (Wildman–Crippen LogP) is 0.860. The molecule has 8 nitrogen and oxygen atoms in total. The van der Waals surface area contributed by atoms with E-state index in [2.05, 4.69) is 20.2 Å². The monoisotopic (exact) mass is 329 g/mol. The zero-order chi connectivity index (χ0) is 17.1. The van der Waals surface area contributed by atoms with Crippen LogP contribution in [0.3, 0.4) is 0 Å². The molecule has 1 amide bonds. The lowest BCUT2D eigenvalue weighted by atomic mass is 10.1. The standard InChI is InChI=1S/C16H19N5O3/c1-10-9-15(18-11(2)17-10)24-12-5-7-21(8-6-12)16(23)13-3-4-14(22)20-19-13/h3-4,9,12H,5-8H2,1-2H3,(H,20,22). The molecule has 8 heteroatoms. The Kier molecular flexibility index (Phi) is 4.54. The molecule has 0 spiro atoms. The average Bonchev–Trinajstić information content (AvgIpc) is 2.55. The normalized spacial score (nSPS) is 15.3. The molecule has 0 bridgehead atoms. The zero-order valence-corrected chi connectivity index (χ0v) is 13.7. The second kappa shape index (κ2) is 6.77. The summed E-state index contributed by atoms with van der Waals surface area (Å²) in [5, 5.41) is 6.06. The Labute approximate surface area is 138 Å². The molecule has 1 fully saturated rings. The summed E-state index contributed by atoms with van der Waals surface area (Å²) < 4.78 is 5.91. The van der Waals surface area contributed by atoms with E-state index in [0.717, 1.165) is 18.5 Å². The highest BCUT2D eigenvalue weighted by Gasteiger charge is 2.25. The van der Waals surface area contributed by atoms with E-state index in [1.54, 1.807) is 4.90 Å². The van der Waals surface area contributed by atoms with Crippen LogP contribution in [0.1, 0.15) is 34.8 Å². The summed E-state index contributed by atoms with van der Waals surface area (Å²) >= 11 is 0. The van der Waals surface area contributed by atoms with Gasteiger partial charge in [-0.05, 0) is 19.9 Å². The number of aromatic amines is 1. The van der Waals surface area contributed by atoms with E-state index in [4.69, 9.17) is 4.74 Å². The molecule has 0 radical (unpaired) electrons. The highest BCUT2D eigenvalue weighted by molar-refractivity contribution is 5.92. The molecule has 1 aliphatic rings. The molecule has 0 aliphatic carbocycles. The van der Waals surface area contributed by atoms with Crippen molar-refractivity contribution in [1.82, 2.24) is 25.1 Å². The fourth-order valence-corrected chi connectivity index (χ4v) is 2.72. The molecule has 0 aromatic carbocycles. The van der Waals surface area contributed by atoms with Crippen LogP contribution in [0.15, 0.2) is 23.0 Å². The quantitative estimate of drug-likeness (QED) is 0.896. The summed E-state index contributed by atoms with van der Waals surface area (Å²) in [5.41, 5.74) is 0.791. The van der Waals surface area contributed by atoms with Gasteiger partial charge in [0.1, 0.15) is 17.6 Å². The highest BCUT2D eigenvalue weighted by Crippen LogP contribution is 2.19. The number of aromatic nitrogens is 4. The lowest BCUT2D eigenvalue weighted by Crippen LogP contribution is -2.42. The van der Waals surface area contributed by atoms with Crippen LogP contribution >= 0.6 is 0 Å². The summed E-state index contributed by atoms with van der Waals surface area (Å²) in [7, 11) is 0. The largest absolute Gasteiger partial charge is 0.474 e. The van der Waals surface area contributed by atoms with Crippen LogP contribution in [-0.2, 0) is 0 Å².